The van der Waals surface area contributed by atoms with Gasteiger partial charge in [0.05, 0.1) is 5.69 Å². The van der Waals surface area contributed by atoms with Gasteiger partial charge in [-0.05, 0) is 12.1 Å². The number of carbonyl (C=O) groups excluding carboxylic acids is 1. The van der Waals surface area contributed by atoms with Crippen molar-refractivity contribution in [3.05, 3.63) is 23.8 Å². The number of benzene rings is 1. The van der Waals surface area contributed by atoms with E-state index in [0.717, 1.165) is 12.1 Å². The molecule has 1 aromatic rings. The van der Waals surface area contributed by atoms with Crippen LogP contribution in [0.5, 0.6) is 5.75 Å². The number of hydrogen-bond acceptors (Lipinski definition) is 4. The van der Waals surface area contributed by atoms with E-state index in [0.29, 0.717) is 0 Å². The Bertz CT molecular complexity index is 396. The van der Waals surface area contributed by atoms with Crippen molar-refractivity contribution in [2.45, 2.75) is 0 Å². The van der Waals surface area contributed by atoms with Crippen LogP contribution in [0.15, 0.2) is 12.1 Å². The van der Waals surface area contributed by atoms with Gasteiger partial charge in [-0.3, -0.25) is 4.79 Å². The zero-order valence-electron chi connectivity index (χ0n) is 8.63. The van der Waals surface area contributed by atoms with Gasteiger partial charge in [0.1, 0.15) is 13.2 Å². The van der Waals surface area contributed by atoms with Crippen molar-refractivity contribution in [1.82, 2.24) is 0 Å². The molecule has 0 saturated carbocycles. The SMILES string of the molecule is COCC(=O)COc1c(N)ccc(F)c1F. The minimum Gasteiger partial charge on any atom is -0.480 e. The molecule has 0 atom stereocenters. The molecule has 0 aromatic heterocycles. The van der Waals surface area contributed by atoms with E-state index < -0.39 is 29.8 Å². The van der Waals surface area contributed by atoms with Crippen molar-refractivity contribution in [3.63, 3.8) is 0 Å². The first kappa shape index (κ1) is 12.4. The average Bonchev–Trinajstić information content (AvgIpc) is 2.24. The van der Waals surface area contributed by atoms with Crippen LogP contribution >= 0.6 is 0 Å². The predicted octanol–water partition coefficient (Wildman–Crippen LogP) is 1.14. The molecule has 0 bridgehead atoms. The molecule has 88 valence electrons. The third kappa shape index (κ3) is 2.90. The number of carbonyl (C=O) groups is 1. The topological polar surface area (TPSA) is 61.5 Å². The van der Waals surface area contributed by atoms with Gasteiger partial charge in [0, 0.05) is 7.11 Å². The van der Waals surface area contributed by atoms with Gasteiger partial charge < -0.3 is 15.2 Å². The molecule has 2 N–H and O–H groups in total. The van der Waals surface area contributed by atoms with Gasteiger partial charge in [0.2, 0.25) is 5.82 Å². The summed E-state index contributed by atoms with van der Waals surface area (Å²) in [5.74, 6) is -3.14. The van der Waals surface area contributed by atoms with E-state index >= 15 is 0 Å². The van der Waals surface area contributed by atoms with E-state index in [9.17, 15) is 13.6 Å². The van der Waals surface area contributed by atoms with Crippen molar-refractivity contribution < 1.29 is 23.0 Å². The van der Waals surface area contributed by atoms with E-state index in [2.05, 4.69) is 4.74 Å². The molecule has 0 aliphatic heterocycles. The first-order valence-electron chi connectivity index (χ1n) is 4.43. The highest BCUT2D eigenvalue weighted by atomic mass is 19.2. The average molecular weight is 231 g/mol. The van der Waals surface area contributed by atoms with Crippen molar-refractivity contribution in [3.8, 4) is 5.75 Å². The largest absolute Gasteiger partial charge is 0.480 e. The summed E-state index contributed by atoms with van der Waals surface area (Å²) >= 11 is 0. The van der Waals surface area contributed by atoms with Gasteiger partial charge in [-0.2, -0.15) is 4.39 Å². The molecule has 0 fully saturated rings. The molecule has 6 heteroatoms. The minimum atomic E-state index is -1.20. The lowest BCUT2D eigenvalue weighted by molar-refractivity contribution is -0.124. The van der Waals surface area contributed by atoms with Crippen molar-refractivity contribution in [1.29, 1.82) is 0 Å². The molecule has 1 aromatic carbocycles. The third-order valence-corrected chi connectivity index (χ3v) is 1.76. The number of halogens is 2. The van der Waals surface area contributed by atoms with Gasteiger partial charge in [-0.15, -0.1) is 0 Å². The zero-order valence-corrected chi connectivity index (χ0v) is 8.63. The first-order valence-corrected chi connectivity index (χ1v) is 4.43. The molecule has 0 unspecified atom stereocenters. The summed E-state index contributed by atoms with van der Waals surface area (Å²) < 4.78 is 35.3. The van der Waals surface area contributed by atoms with Crippen LogP contribution in [-0.4, -0.2) is 26.1 Å². The molecular weight excluding hydrogens is 220 g/mol. The van der Waals surface area contributed by atoms with Gasteiger partial charge >= 0.3 is 0 Å². The van der Waals surface area contributed by atoms with Crippen LogP contribution in [-0.2, 0) is 9.53 Å². The Kier molecular flexibility index (Phi) is 4.19. The number of ketones is 1. The zero-order chi connectivity index (χ0) is 12.1. The summed E-state index contributed by atoms with van der Waals surface area (Å²) in [5.41, 5.74) is 5.31. The molecular formula is C10H11F2NO3. The van der Waals surface area contributed by atoms with E-state index in [1.807, 2.05) is 0 Å². The number of hydrogen-bond donors (Lipinski definition) is 1. The molecule has 0 aliphatic rings. The van der Waals surface area contributed by atoms with Crippen LogP contribution in [0, 0.1) is 11.6 Å². The second kappa shape index (κ2) is 5.41. The van der Waals surface area contributed by atoms with Crippen molar-refractivity contribution >= 4 is 11.5 Å². The van der Waals surface area contributed by atoms with Gasteiger partial charge in [-0.1, -0.05) is 0 Å². The van der Waals surface area contributed by atoms with E-state index in [1.165, 1.54) is 7.11 Å². The Balaban J connectivity index is 2.74. The molecule has 0 radical (unpaired) electrons. The number of nitrogens with two attached hydrogens (primary N) is 1. The Morgan fingerprint density at radius 1 is 1.38 bits per heavy atom. The fourth-order valence-corrected chi connectivity index (χ4v) is 1.05. The monoisotopic (exact) mass is 231 g/mol. The summed E-state index contributed by atoms with van der Waals surface area (Å²) in [4.78, 5) is 11.0. The van der Waals surface area contributed by atoms with Crippen molar-refractivity contribution in [2.24, 2.45) is 0 Å². The van der Waals surface area contributed by atoms with E-state index in [1.54, 1.807) is 0 Å². The second-order valence-corrected chi connectivity index (χ2v) is 3.04. The highest BCUT2D eigenvalue weighted by Gasteiger charge is 2.14. The fraction of sp³-hybridized carbons (Fsp3) is 0.300. The fourth-order valence-electron chi connectivity index (χ4n) is 1.05. The molecule has 0 aliphatic carbocycles. The predicted molar refractivity (Wildman–Crippen MR) is 53.1 cm³/mol. The number of Topliss-reactive ketones (excluding diaryl/α,β-unsaturated/α-hetero) is 1. The lowest BCUT2D eigenvalue weighted by atomic mass is 10.2. The number of ether oxygens (including phenoxy) is 2. The molecule has 16 heavy (non-hydrogen) atoms. The van der Waals surface area contributed by atoms with Crippen LogP contribution < -0.4 is 10.5 Å². The Morgan fingerprint density at radius 3 is 2.69 bits per heavy atom. The van der Waals surface area contributed by atoms with Gasteiger partial charge in [-0.25, -0.2) is 4.39 Å². The van der Waals surface area contributed by atoms with Crippen LogP contribution in [0.25, 0.3) is 0 Å². The van der Waals surface area contributed by atoms with Gasteiger partial charge in [0.25, 0.3) is 0 Å². The summed E-state index contributed by atoms with van der Waals surface area (Å²) in [6.45, 7) is -0.574. The maximum absolute atomic E-state index is 13.2. The maximum Gasteiger partial charge on any atom is 0.202 e. The number of rotatable bonds is 5. The second-order valence-electron chi connectivity index (χ2n) is 3.04. The first-order chi connectivity index (χ1) is 7.56. The Labute approximate surface area is 91.0 Å². The highest BCUT2D eigenvalue weighted by Crippen LogP contribution is 2.26. The summed E-state index contributed by atoms with van der Waals surface area (Å²) in [5, 5.41) is 0. The molecule has 0 heterocycles. The van der Waals surface area contributed by atoms with Crippen molar-refractivity contribution in [2.75, 3.05) is 26.1 Å². The molecule has 1 rings (SSSR count). The van der Waals surface area contributed by atoms with Gasteiger partial charge in [0.15, 0.2) is 17.3 Å². The molecule has 4 nitrogen and oxygen atoms in total. The summed E-state index contributed by atoms with van der Waals surface area (Å²) in [7, 11) is 1.34. The number of methoxy groups -OCH3 is 1. The number of anilines is 1. The molecule has 0 amide bonds. The van der Waals surface area contributed by atoms with Crippen LogP contribution in [0.4, 0.5) is 14.5 Å². The van der Waals surface area contributed by atoms with E-state index in [-0.39, 0.29) is 12.3 Å². The quantitative estimate of drug-likeness (QED) is 0.772. The number of nitrogen functional groups attached to an aromatic ring is 1. The normalized spacial score (nSPS) is 10.2. The molecule has 0 saturated heterocycles. The maximum atomic E-state index is 13.2. The minimum absolute atomic E-state index is 0.0656. The van der Waals surface area contributed by atoms with E-state index in [4.69, 9.17) is 10.5 Å². The highest BCUT2D eigenvalue weighted by molar-refractivity contribution is 5.81. The Morgan fingerprint density at radius 2 is 2.06 bits per heavy atom. The van der Waals surface area contributed by atoms with Crippen LogP contribution in [0.1, 0.15) is 0 Å². The standard InChI is InChI=1S/C10H11F2NO3/c1-15-4-6(14)5-16-10-8(13)3-2-7(11)9(10)12/h2-3H,4-5,13H2,1H3. The summed E-state index contributed by atoms with van der Waals surface area (Å²) in [6, 6.07) is 2.04. The van der Waals surface area contributed by atoms with Crippen LogP contribution in [0.3, 0.4) is 0 Å². The summed E-state index contributed by atoms with van der Waals surface area (Å²) in [6.07, 6.45) is 0. The lowest BCUT2D eigenvalue weighted by Gasteiger charge is -2.09. The van der Waals surface area contributed by atoms with Crippen LogP contribution in [0.2, 0.25) is 0 Å². The lowest BCUT2D eigenvalue weighted by Crippen LogP contribution is -2.17. The smallest absolute Gasteiger partial charge is 0.202 e. The third-order valence-electron chi connectivity index (χ3n) is 1.76. The Hall–Kier alpha value is -1.69. The molecule has 0 spiro atoms.